The van der Waals surface area contributed by atoms with E-state index in [-0.39, 0.29) is 0 Å². The molecule has 8 heteroatoms. The molecule has 0 fully saturated rings. The second-order valence-corrected chi connectivity index (χ2v) is 15.4. The summed E-state index contributed by atoms with van der Waals surface area (Å²) in [5, 5.41) is 25.7. The van der Waals surface area contributed by atoms with Crippen LogP contribution in [0.4, 0.5) is 0 Å². The highest BCUT2D eigenvalue weighted by molar-refractivity contribution is 8.32. The molecule has 3 aromatic rings. The molecule has 0 aliphatic rings. The molecule has 0 unspecified atom stereocenters. The smallest absolute Gasteiger partial charge is 0.139 e. The summed E-state index contributed by atoms with van der Waals surface area (Å²) in [4.78, 5) is 4.49. The maximum absolute atomic E-state index is 10.2. The molecule has 0 saturated carbocycles. The normalized spacial score (nSPS) is 13.2. The van der Waals surface area contributed by atoms with Crippen LogP contribution in [-0.4, -0.2) is 71.9 Å². The monoisotopic (exact) mass is 486 g/mol. The molecule has 186 valence electrons. The number of ether oxygens (including phenoxy) is 1. The van der Waals surface area contributed by atoms with Gasteiger partial charge in [-0.2, -0.15) is 5.10 Å². The standard InChI is InChI=1S/C26H38N4O3S/c1-25(2,31)9-8-21-14-22-23(18-29(24(22)16-27-21)11-10-26(3,4)32)20-15-28-30(17-20)19-33-12-13-34(5,6)7/h14-18,31-32H,10-13,19H2,1-7H3. The molecule has 0 atom stereocenters. The number of pyridine rings is 1. The first-order valence-electron chi connectivity index (χ1n) is 11.4. The number of rotatable bonds is 9. The van der Waals surface area contributed by atoms with Crippen molar-refractivity contribution in [3.8, 4) is 23.0 Å². The van der Waals surface area contributed by atoms with Crippen LogP contribution in [0.2, 0.25) is 0 Å². The van der Waals surface area contributed by atoms with Crippen molar-refractivity contribution < 1.29 is 14.9 Å². The predicted octanol–water partition coefficient (Wildman–Crippen LogP) is 3.85. The Kier molecular flexibility index (Phi) is 7.83. The maximum atomic E-state index is 10.2. The van der Waals surface area contributed by atoms with Gasteiger partial charge in [0.15, 0.2) is 0 Å². The number of aliphatic hydroxyl groups is 2. The minimum absolute atomic E-state index is 0.413. The van der Waals surface area contributed by atoms with Crippen molar-refractivity contribution in [1.29, 1.82) is 0 Å². The van der Waals surface area contributed by atoms with Gasteiger partial charge in [0.05, 0.1) is 30.1 Å². The van der Waals surface area contributed by atoms with Crippen LogP contribution in [0, 0.1) is 11.8 Å². The molecule has 0 aromatic carbocycles. The van der Waals surface area contributed by atoms with E-state index in [4.69, 9.17) is 4.74 Å². The summed E-state index contributed by atoms with van der Waals surface area (Å²) < 4.78 is 9.76. The third-order valence-electron chi connectivity index (χ3n) is 5.24. The molecule has 0 spiro atoms. The molecule has 0 bridgehead atoms. The van der Waals surface area contributed by atoms with Crippen LogP contribution in [0.3, 0.4) is 0 Å². The number of nitrogens with zero attached hydrogens (tertiary/aromatic N) is 4. The Balaban J connectivity index is 1.91. The topological polar surface area (TPSA) is 85.3 Å². The SMILES string of the molecule is CC(C)(O)C#Cc1cc2c(-c3cnn(COCCS(C)(C)C)c3)cn(CCC(C)(C)O)c2cn1. The van der Waals surface area contributed by atoms with Crippen LogP contribution >= 0.6 is 10.0 Å². The van der Waals surface area contributed by atoms with E-state index in [2.05, 4.69) is 51.5 Å². The van der Waals surface area contributed by atoms with Gasteiger partial charge in [-0.15, -0.1) is 0 Å². The average Bonchev–Trinajstić information content (AvgIpc) is 3.30. The third-order valence-corrected chi connectivity index (χ3v) is 6.63. The second kappa shape index (κ2) is 10.1. The number of aryl methyl sites for hydroxylation is 1. The van der Waals surface area contributed by atoms with E-state index in [1.165, 1.54) is 0 Å². The minimum Gasteiger partial charge on any atom is -0.390 e. The fraction of sp³-hybridized carbons (Fsp3) is 0.538. The van der Waals surface area contributed by atoms with Crippen molar-refractivity contribution >= 4 is 20.9 Å². The molecule has 3 aromatic heterocycles. The van der Waals surface area contributed by atoms with Crippen LogP contribution < -0.4 is 0 Å². The van der Waals surface area contributed by atoms with Crippen LogP contribution in [0.5, 0.6) is 0 Å². The van der Waals surface area contributed by atoms with E-state index < -0.39 is 21.2 Å². The van der Waals surface area contributed by atoms with Gasteiger partial charge in [-0.3, -0.25) is 0 Å². The van der Waals surface area contributed by atoms with E-state index in [0.29, 0.717) is 25.4 Å². The number of hydrogen-bond donors (Lipinski definition) is 2. The summed E-state index contributed by atoms with van der Waals surface area (Å²) in [6.45, 7) is 8.71. The van der Waals surface area contributed by atoms with Gasteiger partial charge >= 0.3 is 0 Å². The molecule has 0 saturated heterocycles. The Morgan fingerprint density at radius 1 is 1.09 bits per heavy atom. The molecule has 0 amide bonds. The summed E-state index contributed by atoms with van der Waals surface area (Å²) in [5.74, 6) is 6.87. The zero-order valence-corrected chi connectivity index (χ0v) is 22.2. The van der Waals surface area contributed by atoms with Gasteiger partial charge in [-0.1, -0.05) is 5.92 Å². The molecule has 7 nitrogen and oxygen atoms in total. The lowest BCUT2D eigenvalue weighted by molar-refractivity contribution is 0.0666. The summed E-state index contributed by atoms with van der Waals surface area (Å²) in [6.07, 6.45) is 15.2. The molecule has 3 rings (SSSR count). The van der Waals surface area contributed by atoms with Gasteiger partial charge < -0.3 is 19.5 Å². The Labute approximate surface area is 204 Å². The third kappa shape index (κ3) is 7.88. The van der Waals surface area contributed by atoms with Crippen molar-refractivity contribution in [2.75, 3.05) is 31.1 Å². The fourth-order valence-electron chi connectivity index (χ4n) is 3.32. The van der Waals surface area contributed by atoms with Gasteiger partial charge in [0.2, 0.25) is 0 Å². The van der Waals surface area contributed by atoms with Crippen LogP contribution in [0.25, 0.3) is 22.0 Å². The maximum Gasteiger partial charge on any atom is 0.139 e. The average molecular weight is 487 g/mol. The Morgan fingerprint density at radius 2 is 1.82 bits per heavy atom. The number of fused-ring (bicyclic) bond motifs is 1. The first-order valence-corrected chi connectivity index (χ1v) is 14.5. The van der Waals surface area contributed by atoms with E-state index in [1.807, 2.05) is 37.0 Å². The van der Waals surface area contributed by atoms with E-state index in [9.17, 15) is 10.2 Å². The summed E-state index contributed by atoms with van der Waals surface area (Å²) in [5.41, 5.74) is 1.70. The first-order chi connectivity index (χ1) is 15.7. The quantitative estimate of drug-likeness (QED) is 0.354. The highest BCUT2D eigenvalue weighted by atomic mass is 32.3. The summed E-state index contributed by atoms with van der Waals surface area (Å²) >= 11 is 0. The Hall–Kier alpha value is -2.31. The number of aromatic nitrogens is 4. The molecule has 0 aliphatic carbocycles. The van der Waals surface area contributed by atoms with Gasteiger partial charge in [0.25, 0.3) is 0 Å². The highest BCUT2D eigenvalue weighted by Crippen LogP contribution is 2.34. The molecule has 0 aliphatic heterocycles. The van der Waals surface area contributed by atoms with Crippen molar-refractivity contribution in [1.82, 2.24) is 19.3 Å². The highest BCUT2D eigenvalue weighted by Gasteiger charge is 2.17. The lowest BCUT2D eigenvalue weighted by atomic mass is 10.1. The lowest BCUT2D eigenvalue weighted by Crippen LogP contribution is -2.20. The van der Waals surface area contributed by atoms with Crippen molar-refractivity contribution in [3.05, 3.63) is 36.5 Å². The van der Waals surface area contributed by atoms with Crippen LogP contribution in [0.15, 0.2) is 30.9 Å². The Morgan fingerprint density at radius 3 is 2.47 bits per heavy atom. The zero-order chi connectivity index (χ0) is 25.1. The fourth-order valence-corrected chi connectivity index (χ4v) is 3.94. The zero-order valence-electron chi connectivity index (χ0n) is 21.4. The van der Waals surface area contributed by atoms with Gasteiger partial charge in [0, 0.05) is 41.2 Å². The van der Waals surface area contributed by atoms with Gasteiger partial charge in [-0.25, -0.2) is 19.7 Å². The van der Waals surface area contributed by atoms with Crippen molar-refractivity contribution in [3.63, 3.8) is 0 Å². The molecule has 3 heterocycles. The molecule has 0 radical (unpaired) electrons. The molecule has 34 heavy (non-hydrogen) atoms. The summed E-state index contributed by atoms with van der Waals surface area (Å²) in [6, 6.07) is 1.95. The predicted molar refractivity (Wildman–Crippen MR) is 141 cm³/mol. The van der Waals surface area contributed by atoms with E-state index in [0.717, 1.165) is 34.4 Å². The van der Waals surface area contributed by atoms with Gasteiger partial charge in [0.1, 0.15) is 18.0 Å². The molecular formula is C26H38N4O3S. The Bertz CT molecular complexity index is 1180. The van der Waals surface area contributed by atoms with E-state index >= 15 is 0 Å². The van der Waals surface area contributed by atoms with Crippen molar-refractivity contribution in [2.24, 2.45) is 0 Å². The molecular weight excluding hydrogens is 448 g/mol. The second-order valence-electron chi connectivity index (χ2n) is 10.8. The lowest BCUT2D eigenvalue weighted by Gasteiger charge is -2.24. The first kappa shape index (κ1) is 26.3. The largest absolute Gasteiger partial charge is 0.390 e. The molecule has 2 N–H and O–H groups in total. The van der Waals surface area contributed by atoms with E-state index in [1.54, 1.807) is 20.0 Å². The van der Waals surface area contributed by atoms with Gasteiger partial charge in [-0.05, 0) is 64.9 Å². The number of hydrogen-bond acceptors (Lipinski definition) is 5. The summed E-state index contributed by atoms with van der Waals surface area (Å²) in [7, 11) is -0.580. The minimum atomic E-state index is -1.09. The van der Waals surface area contributed by atoms with Crippen molar-refractivity contribution in [2.45, 2.75) is 58.6 Å². The van der Waals surface area contributed by atoms with Crippen LogP contribution in [0.1, 0.15) is 39.8 Å². The van der Waals surface area contributed by atoms with Crippen LogP contribution in [-0.2, 0) is 18.0 Å².